The van der Waals surface area contributed by atoms with Gasteiger partial charge in [0.25, 0.3) is 0 Å². The maximum absolute atomic E-state index is 11.9. The van der Waals surface area contributed by atoms with Crippen molar-refractivity contribution in [3.8, 4) is 0 Å². The number of anilines is 1. The number of thiophene rings is 1. The highest BCUT2D eigenvalue weighted by molar-refractivity contribution is 7.14. The maximum Gasteiger partial charge on any atom is 0.325 e. The standard InChI is InChI=1S/C10H14N2OS/c1-2-12(9-5-3-8-14-9)10(13)11-6-4-7-11/h3,5,8H,2,4,6-7H2,1H3. The molecule has 0 spiro atoms. The number of carbonyl (C=O) groups excluding carboxylic acids is 1. The number of urea groups is 1. The van der Waals surface area contributed by atoms with E-state index >= 15 is 0 Å². The van der Waals surface area contributed by atoms with E-state index in [4.69, 9.17) is 0 Å². The average Bonchev–Trinajstić information content (AvgIpc) is 2.55. The van der Waals surface area contributed by atoms with Gasteiger partial charge in [0, 0.05) is 19.6 Å². The van der Waals surface area contributed by atoms with Gasteiger partial charge >= 0.3 is 6.03 Å². The zero-order valence-corrected chi connectivity index (χ0v) is 9.09. The minimum Gasteiger partial charge on any atom is -0.324 e. The first-order chi connectivity index (χ1) is 6.83. The number of carbonyl (C=O) groups is 1. The Morgan fingerprint density at radius 1 is 1.64 bits per heavy atom. The van der Waals surface area contributed by atoms with E-state index in [2.05, 4.69) is 0 Å². The summed E-state index contributed by atoms with van der Waals surface area (Å²) in [5.41, 5.74) is 0. The Hall–Kier alpha value is -1.03. The molecule has 4 heteroatoms. The first-order valence-corrected chi connectivity index (χ1v) is 5.81. The number of hydrogen-bond acceptors (Lipinski definition) is 2. The van der Waals surface area contributed by atoms with Gasteiger partial charge in [-0.05, 0) is 30.9 Å². The van der Waals surface area contributed by atoms with Crippen LogP contribution in [0.15, 0.2) is 17.5 Å². The van der Waals surface area contributed by atoms with Crippen molar-refractivity contribution in [2.24, 2.45) is 0 Å². The Morgan fingerprint density at radius 3 is 2.86 bits per heavy atom. The number of hydrogen-bond donors (Lipinski definition) is 0. The van der Waals surface area contributed by atoms with Crippen molar-refractivity contribution < 1.29 is 4.79 Å². The third kappa shape index (κ3) is 1.62. The molecule has 0 saturated carbocycles. The molecule has 1 aliphatic heterocycles. The summed E-state index contributed by atoms with van der Waals surface area (Å²) in [5.74, 6) is 0. The molecule has 0 aliphatic carbocycles. The lowest BCUT2D eigenvalue weighted by molar-refractivity contribution is 0.174. The minimum absolute atomic E-state index is 0.154. The second kappa shape index (κ2) is 4.00. The molecule has 2 heterocycles. The highest BCUT2D eigenvalue weighted by atomic mass is 32.1. The third-order valence-electron chi connectivity index (χ3n) is 2.45. The Labute approximate surface area is 87.9 Å². The van der Waals surface area contributed by atoms with Gasteiger partial charge in [0.05, 0.1) is 5.00 Å². The Balaban J connectivity index is 2.09. The molecular formula is C10H14N2OS. The average molecular weight is 210 g/mol. The van der Waals surface area contributed by atoms with E-state index in [1.165, 1.54) is 0 Å². The van der Waals surface area contributed by atoms with Crippen LogP contribution in [0.2, 0.25) is 0 Å². The van der Waals surface area contributed by atoms with Gasteiger partial charge in [-0.25, -0.2) is 4.79 Å². The molecule has 1 aromatic heterocycles. The van der Waals surface area contributed by atoms with Crippen LogP contribution in [0.5, 0.6) is 0 Å². The Bertz CT molecular complexity index is 306. The van der Waals surface area contributed by atoms with Gasteiger partial charge in [-0.3, -0.25) is 4.90 Å². The number of nitrogens with zero attached hydrogens (tertiary/aromatic N) is 2. The fraction of sp³-hybridized carbons (Fsp3) is 0.500. The van der Waals surface area contributed by atoms with E-state index in [1.807, 2.05) is 34.2 Å². The number of amides is 2. The van der Waals surface area contributed by atoms with Crippen LogP contribution in [0.4, 0.5) is 9.80 Å². The van der Waals surface area contributed by atoms with Crippen molar-refractivity contribution in [2.45, 2.75) is 13.3 Å². The predicted molar refractivity (Wildman–Crippen MR) is 58.9 cm³/mol. The summed E-state index contributed by atoms with van der Waals surface area (Å²) in [7, 11) is 0. The monoisotopic (exact) mass is 210 g/mol. The van der Waals surface area contributed by atoms with E-state index < -0.39 is 0 Å². The molecule has 0 unspecified atom stereocenters. The first kappa shape index (κ1) is 9.52. The summed E-state index contributed by atoms with van der Waals surface area (Å²) in [6.07, 6.45) is 1.15. The van der Waals surface area contributed by atoms with Crippen molar-refractivity contribution >= 4 is 22.4 Å². The summed E-state index contributed by atoms with van der Waals surface area (Å²) in [6, 6.07) is 4.12. The first-order valence-electron chi connectivity index (χ1n) is 4.93. The molecule has 1 aromatic rings. The SMILES string of the molecule is CCN(C(=O)N1CCC1)c1cccs1. The van der Waals surface area contributed by atoms with Gasteiger partial charge in [0.15, 0.2) is 0 Å². The lowest BCUT2D eigenvalue weighted by Crippen LogP contribution is -2.49. The molecule has 2 rings (SSSR count). The summed E-state index contributed by atoms with van der Waals surface area (Å²) < 4.78 is 0. The molecule has 1 aliphatic rings. The number of rotatable bonds is 2. The molecule has 14 heavy (non-hydrogen) atoms. The van der Waals surface area contributed by atoms with Crippen molar-refractivity contribution in [1.82, 2.24) is 4.90 Å². The summed E-state index contributed by atoms with van der Waals surface area (Å²) in [4.78, 5) is 15.6. The van der Waals surface area contributed by atoms with Gasteiger partial charge < -0.3 is 4.90 Å². The van der Waals surface area contributed by atoms with Crippen LogP contribution in [0.1, 0.15) is 13.3 Å². The molecule has 0 bridgehead atoms. The van der Waals surface area contributed by atoms with Gasteiger partial charge in [0.1, 0.15) is 0 Å². The molecule has 0 aromatic carbocycles. The number of likely N-dealkylation sites (tertiary alicyclic amines) is 1. The van der Waals surface area contributed by atoms with Gasteiger partial charge in [-0.15, -0.1) is 11.3 Å². The summed E-state index contributed by atoms with van der Waals surface area (Å²) >= 11 is 1.61. The molecule has 1 fully saturated rings. The molecule has 3 nitrogen and oxygen atoms in total. The van der Waals surface area contributed by atoms with Crippen molar-refractivity contribution in [2.75, 3.05) is 24.5 Å². The highest BCUT2D eigenvalue weighted by Gasteiger charge is 2.25. The summed E-state index contributed by atoms with van der Waals surface area (Å²) in [6.45, 7) is 4.59. The van der Waals surface area contributed by atoms with Crippen molar-refractivity contribution in [1.29, 1.82) is 0 Å². The highest BCUT2D eigenvalue weighted by Crippen LogP contribution is 2.23. The van der Waals surface area contributed by atoms with Gasteiger partial charge in [-0.2, -0.15) is 0 Å². The quantitative estimate of drug-likeness (QED) is 0.735. The summed E-state index contributed by atoms with van der Waals surface area (Å²) in [5, 5.41) is 3.05. The molecule has 0 N–H and O–H groups in total. The molecule has 76 valence electrons. The predicted octanol–water partition coefficient (Wildman–Crippen LogP) is 2.40. The second-order valence-corrected chi connectivity index (χ2v) is 4.24. The third-order valence-corrected chi connectivity index (χ3v) is 3.34. The van der Waals surface area contributed by atoms with Crippen molar-refractivity contribution in [3.05, 3.63) is 17.5 Å². The van der Waals surface area contributed by atoms with Crippen LogP contribution in [0.25, 0.3) is 0 Å². The second-order valence-electron chi connectivity index (χ2n) is 3.32. The minimum atomic E-state index is 0.154. The van der Waals surface area contributed by atoms with E-state index in [0.29, 0.717) is 0 Å². The fourth-order valence-corrected chi connectivity index (χ4v) is 2.28. The normalized spacial score (nSPS) is 15.1. The van der Waals surface area contributed by atoms with Crippen LogP contribution >= 0.6 is 11.3 Å². The van der Waals surface area contributed by atoms with E-state index in [0.717, 1.165) is 31.1 Å². The van der Waals surface area contributed by atoms with Crippen LogP contribution in [-0.2, 0) is 0 Å². The van der Waals surface area contributed by atoms with Crippen LogP contribution in [0.3, 0.4) is 0 Å². The molecular weight excluding hydrogens is 196 g/mol. The molecule has 0 atom stereocenters. The van der Waals surface area contributed by atoms with E-state index in [1.54, 1.807) is 11.3 Å². The van der Waals surface area contributed by atoms with E-state index in [9.17, 15) is 4.79 Å². The molecule has 1 saturated heterocycles. The van der Waals surface area contributed by atoms with E-state index in [-0.39, 0.29) is 6.03 Å². The van der Waals surface area contributed by atoms with Crippen LogP contribution in [-0.4, -0.2) is 30.6 Å². The lowest BCUT2D eigenvalue weighted by Gasteiger charge is -2.35. The lowest BCUT2D eigenvalue weighted by atomic mass is 10.2. The molecule has 2 amide bonds. The topological polar surface area (TPSA) is 23.6 Å². The van der Waals surface area contributed by atoms with Gasteiger partial charge in [-0.1, -0.05) is 0 Å². The molecule has 0 radical (unpaired) electrons. The van der Waals surface area contributed by atoms with Gasteiger partial charge in [0.2, 0.25) is 0 Å². The van der Waals surface area contributed by atoms with Crippen LogP contribution < -0.4 is 4.90 Å². The van der Waals surface area contributed by atoms with Crippen LogP contribution in [0, 0.1) is 0 Å². The zero-order valence-electron chi connectivity index (χ0n) is 8.27. The smallest absolute Gasteiger partial charge is 0.324 e. The largest absolute Gasteiger partial charge is 0.325 e. The Morgan fingerprint density at radius 2 is 2.43 bits per heavy atom. The fourth-order valence-electron chi connectivity index (χ4n) is 1.49. The van der Waals surface area contributed by atoms with Crippen molar-refractivity contribution in [3.63, 3.8) is 0 Å². The zero-order chi connectivity index (χ0) is 9.97. The maximum atomic E-state index is 11.9. The Kier molecular flexibility index (Phi) is 2.72.